The third-order valence-electron chi connectivity index (χ3n) is 5.25. The van der Waals surface area contributed by atoms with Gasteiger partial charge in [-0.1, -0.05) is 38.1 Å². The Labute approximate surface area is 202 Å². The molecule has 4 N–H and O–H groups in total. The quantitative estimate of drug-likeness (QED) is 0.347. The first-order valence-electron chi connectivity index (χ1n) is 11.2. The van der Waals surface area contributed by atoms with E-state index in [-0.39, 0.29) is 18.0 Å². The van der Waals surface area contributed by atoms with Crippen LogP contribution in [0.5, 0.6) is 0 Å². The summed E-state index contributed by atoms with van der Waals surface area (Å²) in [6.07, 6.45) is -0.0325. The van der Waals surface area contributed by atoms with Crippen LogP contribution < -0.4 is 5.32 Å². The minimum Gasteiger partial charge on any atom is -0.481 e. The van der Waals surface area contributed by atoms with Gasteiger partial charge in [-0.2, -0.15) is 5.10 Å². The lowest BCUT2D eigenvalue weighted by Crippen LogP contribution is -2.19. The molecule has 1 heterocycles. The number of benzene rings is 2. The highest BCUT2D eigenvalue weighted by molar-refractivity contribution is 6.04. The van der Waals surface area contributed by atoms with Gasteiger partial charge < -0.3 is 20.6 Å². The van der Waals surface area contributed by atoms with Crippen molar-refractivity contribution in [3.63, 3.8) is 0 Å². The Bertz CT molecular complexity index is 1190. The molecular weight excluding hydrogens is 453 g/mol. The number of nitrogens with one attached hydrogen (secondary N) is 1. The molecule has 2 aromatic carbocycles. The smallest absolute Gasteiger partial charge is 0.305 e. The van der Waals surface area contributed by atoms with Crippen molar-refractivity contribution in [2.45, 2.75) is 44.8 Å². The van der Waals surface area contributed by atoms with Crippen LogP contribution in [-0.4, -0.2) is 49.2 Å². The van der Waals surface area contributed by atoms with Gasteiger partial charge in [0.2, 0.25) is 0 Å². The van der Waals surface area contributed by atoms with E-state index in [4.69, 9.17) is 5.11 Å². The summed E-state index contributed by atoms with van der Waals surface area (Å²) < 4.78 is 15.0. The molecular formula is C26H28FN3O5. The highest BCUT2D eigenvalue weighted by Gasteiger charge is 2.25. The van der Waals surface area contributed by atoms with Gasteiger partial charge in [0.15, 0.2) is 5.69 Å². The first kappa shape index (κ1) is 25.8. The van der Waals surface area contributed by atoms with Gasteiger partial charge in [-0.25, -0.2) is 9.07 Å². The zero-order chi connectivity index (χ0) is 25.5. The normalized spacial score (nSPS) is 13.2. The van der Waals surface area contributed by atoms with Crippen LogP contribution in [-0.2, 0) is 4.79 Å². The van der Waals surface area contributed by atoms with Crippen LogP contribution in [0.2, 0.25) is 0 Å². The Morgan fingerprint density at radius 2 is 1.74 bits per heavy atom. The monoisotopic (exact) mass is 481 g/mol. The summed E-state index contributed by atoms with van der Waals surface area (Å²) in [6.45, 7) is 3.80. The fourth-order valence-corrected chi connectivity index (χ4v) is 3.68. The van der Waals surface area contributed by atoms with Gasteiger partial charge in [0.05, 0.1) is 30.0 Å². The number of nitrogens with zero attached hydrogens (tertiary/aromatic N) is 2. The third-order valence-corrected chi connectivity index (χ3v) is 5.25. The SMILES string of the molecule is CC(C)c1c(C(=O)Nc2ccccc2)nn(-c2ccc(F)cc2)c1C=C[C@@H](O)C[C@@H](O)CC(=O)O. The molecule has 2 atom stereocenters. The Morgan fingerprint density at radius 3 is 2.34 bits per heavy atom. The topological polar surface area (TPSA) is 125 Å². The first-order chi connectivity index (χ1) is 16.7. The van der Waals surface area contributed by atoms with E-state index in [0.29, 0.717) is 22.6 Å². The Kier molecular flexibility index (Phi) is 8.51. The molecule has 0 aliphatic rings. The minimum atomic E-state index is -1.22. The van der Waals surface area contributed by atoms with E-state index in [2.05, 4.69) is 10.4 Å². The number of aromatic nitrogens is 2. The number of anilines is 1. The second-order valence-electron chi connectivity index (χ2n) is 8.42. The zero-order valence-corrected chi connectivity index (χ0v) is 19.4. The summed E-state index contributed by atoms with van der Waals surface area (Å²) in [5.41, 5.74) is 2.39. The number of para-hydroxylation sites is 1. The van der Waals surface area contributed by atoms with Crippen molar-refractivity contribution < 1.29 is 29.3 Å². The lowest BCUT2D eigenvalue weighted by atomic mass is 9.98. The van der Waals surface area contributed by atoms with E-state index < -0.39 is 36.3 Å². The number of carbonyl (C=O) groups is 2. The maximum Gasteiger partial charge on any atom is 0.305 e. The zero-order valence-electron chi connectivity index (χ0n) is 19.4. The largest absolute Gasteiger partial charge is 0.481 e. The third kappa shape index (κ3) is 6.84. The molecule has 0 bridgehead atoms. The number of aliphatic hydroxyl groups excluding tert-OH is 2. The summed E-state index contributed by atoms with van der Waals surface area (Å²) in [6, 6.07) is 14.5. The lowest BCUT2D eigenvalue weighted by molar-refractivity contribution is -0.139. The van der Waals surface area contributed by atoms with Crippen molar-refractivity contribution in [3.05, 3.63) is 83.4 Å². The number of hydrogen-bond donors (Lipinski definition) is 4. The Balaban J connectivity index is 2.02. The molecule has 8 nitrogen and oxygen atoms in total. The average Bonchev–Trinajstić information content (AvgIpc) is 3.18. The predicted octanol–water partition coefficient (Wildman–Crippen LogP) is 3.99. The van der Waals surface area contributed by atoms with Crippen molar-refractivity contribution in [1.82, 2.24) is 9.78 Å². The van der Waals surface area contributed by atoms with Gasteiger partial charge in [0.1, 0.15) is 5.82 Å². The molecule has 1 amide bonds. The molecule has 9 heteroatoms. The molecule has 0 saturated heterocycles. The van der Waals surface area contributed by atoms with Crippen LogP contribution in [0.3, 0.4) is 0 Å². The van der Waals surface area contributed by atoms with Gasteiger partial charge in [0.25, 0.3) is 5.91 Å². The molecule has 3 aromatic rings. The van der Waals surface area contributed by atoms with E-state index in [1.807, 2.05) is 19.9 Å². The number of carbonyl (C=O) groups excluding carboxylic acids is 1. The van der Waals surface area contributed by atoms with Crippen LogP contribution in [0, 0.1) is 5.82 Å². The highest BCUT2D eigenvalue weighted by atomic mass is 19.1. The number of hydrogen-bond acceptors (Lipinski definition) is 5. The van der Waals surface area contributed by atoms with Gasteiger partial charge in [-0.15, -0.1) is 0 Å². The van der Waals surface area contributed by atoms with Crippen molar-refractivity contribution in [1.29, 1.82) is 0 Å². The van der Waals surface area contributed by atoms with E-state index in [1.54, 1.807) is 30.3 Å². The van der Waals surface area contributed by atoms with Crippen LogP contribution in [0.25, 0.3) is 11.8 Å². The van der Waals surface area contributed by atoms with Crippen molar-refractivity contribution in [2.24, 2.45) is 0 Å². The van der Waals surface area contributed by atoms with E-state index in [1.165, 1.54) is 35.0 Å². The Morgan fingerprint density at radius 1 is 1.09 bits per heavy atom. The molecule has 0 aliphatic heterocycles. The van der Waals surface area contributed by atoms with E-state index in [9.17, 15) is 24.2 Å². The van der Waals surface area contributed by atoms with Crippen molar-refractivity contribution in [2.75, 3.05) is 5.32 Å². The lowest BCUT2D eigenvalue weighted by Gasteiger charge is -2.12. The van der Waals surface area contributed by atoms with Crippen molar-refractivity contribution >= 4 is 23.6 Å². The molecule has 184 valence electrons. The second kappa shape index (κ2) is 11.5. The van der Waals surface area contributed by atoms with Gasteiger partial charge in [-0.05, 0) is 48.4 Å². The number of carboxylic acid groups (broad SMARTS) is 1. The van der Waals surface area contributed by atoms with Crippen LogP contribution in [0.4, 0.5) is 10.1 Å². The van der Waals surface area contributed by atoms with Gasteiger partial charge in [0, 0.05) is 17.7 Å². The highest BCUT2D eigenvalue weighted by Crippen LogP contribution is 2.28. The van der Waals surface area contributed by atoms with Crippen LogP contribution in [0.1, 0.15) is 54.4 Å². The Hall–Kier alpha value is -3.82. The summed E-state index contributed by atoms with van der Waals surface area (Å²) >= 11 is 0. The molecule has 1 aromatic heterocycles. The molecule has 0 fully saturated rings. The second-order valence-corrected chi connectivity index (χ2v) is 8.42. The minimum absolute atomic E-state index is 0.143. The summed E-state index contributed by atoms with van der Waals surface area (Å²) in [5, 5.41) is 36.3. The average molecular weight is 482 g/mol. The summed E-state index contributed by atoms with van der Waals surface area (Å²) in [4.78, 5) is 23.9. The molecule has 35 heavy (non-hydrogen) atoms. The number of rotatable bonds is 10. The molecule has 0 spiro atoms. The molecule has 0 saturated carbocycles. The van der Waals surface area contributed by atoms with E-state index >= 15 is 0 Å². The maximum atomic E-state index is 13.5. The number of aliphatic carboxylic acids is 1. The maximum absolute atomic E-state index is 13.5. The fourth-order valence-electron chi connectivity index (χ4n) is 3.68. The van der Waals surface area contributed by atoms with Gasteiger partial charge in [-0.3, -0.25) is 9.59 Å². The molecule has 0 unspecified atom stereocenters. The number of aliphatic hydroxyl groups is 2. The van der Waals surface area contributed by atoms with Crippen molar-refractivity contribution in [3.8, 4) is 5.69 Å². The standard InChI is InChI=1S/C26H28FN3O5/c1-16(2)24-22(13-12-20(31)14-21(32)15-23(33)34)30(19-10-8-17(27)9-11-19)29-25(24)26(35)28-18-6-4-3-5-7-18/h3-13,16,20-21,31-32H,14-15H2,1-2H3,(H,28,35)(H,33,34)/t20-,21-/m1/s1. The van der Waals surface area contributed by atoms with Crippen LogP contribution >= 0.6 is 0 Å². The first-order valence-corrected chi connectivity index (χ1v) is 11.2. The molecule has 0 aliphatic carbocycles. The van der Waals surface area contributed by atoms with E-state index in [0.717, 1.165) is 0 Å². The van der Waals surface area contributed by atoms with Crippen LogP contribution in [0.15, 0.2) is 60.7 Å². The summed E-state index contributed by atoms with van der Waals surface area (Å²) in [7, 11) is 0. The number of carboxylic acids is 1. The molecule has 0 radical (unpaired) electrons. The number of halogens is 1. The number of amides is 1. The molecule has 3 rings (SSSR count). The fraction of sp³-hybridized carbons (Fsp3) is 0.269. The summed E-state index contributed by atoms with van der Waals surface area (Å²) in [5.74, 6) is -2.16. The van der Waals surface area contributed by atoms with Gasteiger partial charge >= 0.3 is 5.97 Å². The predicted molar refractivity (Wildman–Crippen MR) is 130 cm³/mol.